The second kappa shape index (κ2) is 7.87. The molecular formula is C24H19N5O2. The fourth-order valence-electron chi connectivity index (χ4n) is 3.50. The number of hydrogen-bond acceptors (Lipinski definition) is 5. The summed E-state index contributed by atoms with van der Waals surface area (Å²) < 4.78 is 7.31. The van der Waals surface area contributed by atoms with E-state index in [1.54, 1.807) is 24.7 Å². The molecule has 0 atom stereocenters. The Morgan fingerprint density at radius 1 is 1.03 bits per heavy atom. The zero-order valence-corrected chi connectivity index (χ0v) is 16.8. The average Bonchev–Trinajstić information content (AvgIpc) is 3.41. The summed E-state index contributed by atoms with van der Waals surface area (Å²) in [4.78, 5) is 21.3. The first-order chi connectivity index (χ1) is 15.2. The SMILES string of the molecule is Cc1onc(-c2ccccc2)c1-c1cn2cc(C(=O)NCc3ccncc3)ccc2n1. The third-order valence-electron chi connectivity index (χ3n) is 5.08. The highest BCUT2D eigenvalue weighted by Gasteiger charge is 2.19. The number of amides is 1. The molecule has 0 spiro atoms. The van der Waals surface area contributed by atoms with E-state index in [1.807, 2.05) is 66.1 Å². The summed E-state index contributed by atoms with van der Waals surface area (Å²) >= 11 is 0. The predicted molar refractivity (Wildman–Crippen MR) is 116 cm³/mol. The lowest BCUT2D eigenvalue weighted by molar-refractivity contribution is 0.0950. The van der Waals surface area contributed by atoms with E-state index >= 15 is 0 Å². The number of pyridine rings is 2. The quantitative estimate of drug-likeness (QED) is 0.468. The molecule has 1 N–H and O–H groups in total. The van der Waals surface area contributed by atoms with Crippen LogP contribution in [0.4, 0.5) is 0 Å². The van der Waals surface area contributed by atoms with Gasteiger partial charge in [0.25, 0.3) is 5.91 Å². The minimum atomic E-state index is -0.153. The number of aryl methyl sites for hydroxylation is 1. The molecule has 0 saturated heterocycles. The molecule has 152 valence electrons. The molecule has 1 amide bonds. The Kier molecular flexibility index (Phi) is 4.76. The van der Waals surface area contributed by atoms with Crippen LogP contribution >= 0.6 is 0 Å². The molecule has 1 aromatic carbocycles. The van der Waals surface area contributed by atoms with Crippen LogP contribution in [0.5, 0.6) is 0 Å². The van der Waals surface area contributed by atoms with Crippen molar-refractivity contribution in [3.8, 4) is 22.5 Å². The van der Waals surface area contributed by atoms with Gasteiger partial charge in [0.05, 0.1) is 16.8 Å². The third kappa shape index (κ3) is 3.69. The number of fused-ring (bicyclic) bond motifs is 1. The van der Waals surface area contributed by atoms with Crippen LogP contribution in [-0.2, 0) is 6.54 Å². The van der Waals surface area contributed by atoms with Crippen molar-refractivity contribution in [2.75, 3.05) is 0 Å². The van der Waals surface area contributed by atoms with Gasteiger partial charge in [-0.1, -0.05) is 35.5 Å². The number of benzene rings is 1. The topological polar surface area (TPSA) is 85.3 Å². The fraction of sp³-hybridized carbons (Fsp3) is 0.0833. The van der Waals surface area contributed by atoms with Crippen LogP contribution in [-0.4, -0.2) is 25.4 Å². The molecule has 4 heterocycles. The van der Waals surface area contributed by atoms with Gasteiger partial charge < -0.3 is 14.2 Å². The smallest absolute Gasteiger partial charge is 0.253 e. The third-order valence-corrected chi connectivity index (χ3v) is 5.08. The van der Waals surface area contributed by atoms with Gasteiger partial charge >= 0.3 is 0 Å². The van der Waals surface area contributed by atoms with Gasteiger partial charge in [-0.15, -0.1) is 0 Å². The first kappa shape index (κ1) is 18.7. The molecular weight excluding hydrogens is 390 g/mol. The van der Waals surface area contributed by atoms with Crippen LogP contribution in [0.25, 0.3) is 28.2 Å². The highest BCUT2D eigenvalue weighted by molar-refractivity contribution is 5.94. The van der Waals surface area contributed by atoms with Gasteiger partial charge in [0.15, 0.2) is 0 Å². The van der Waals surface area contributed by atoms with Gasteiger partial charge in [0.1, 0.15) is 17.1 Å². The van der Waals surface area contributed by atoms with Crippen LogP contribution in [0.1, 0.15) is 21.7 Å². The molecule has 5 rings (SSSR count). The first-order valence-corrected chi connectivity index (χ1v) is 9.87. The van der Waals surface area contributed by atoms with Gasteiger partial charge in [0.2, 0.25) is 0 Å². The zero-order valence-electron chi connectivity index (χ0n) is 16.8. The van der Waals surface area contributed by atoms with E-state index in [2.05, 4.69) is 15.5 Å². The summed E-state index contributed by atoms with van der Waals surface area (Å²) in [5.41, 5.74) is 5.58. The standard InChI is InChI=1S/C24H19N5O2/c1-16-22(23(28-31-16)18-5-3-2-4-6-18)20-15-29-14-19(7-8-21(29)27-20)24(30)26-13-17-9-11-25-12-10-17/h2-12,14-15H,13H2,1H3,(H,26,30). The molecule has 7 nitrogen and oxygen atoms in total. The van der Waals surface area contributed by atoms with Crippen molar-refractivity contribution in [3.05, 3.63) is 96.3 Å². The Balaban J connectivity index is 1.44. The summed E-state index contributed by atoms with van der Waals surface area (Å²) in [6, 6.07) is 17.2. The largest absolute Gasteiger partial charge is 0.360 e. The van der Waals surface area contributed by atoms with E-state index in [4.69, 9.17) is 9.51 Å². The van der Waals surface area contributed by atoms with Gasteiger partial charge in [-0.05, 0) is 36.8 Å². The van der Waals surface area contributed by atoms with Crippen LogP contribution < -0.4 is 5.32 Å². The number of nitrogens with one attached hydrogen (secondary N) is 1. The van der Waals surface area contributed by atoms with Gasteiger partial charge in [0, 0.05) is 36.9 Å². The zero-order chi connectivity index (χ0) is 21.2. The molecule has 5 aromatic rings. The Morgan fingerprint density at radius 2 is 1.84 bits per heavy atom. The monoisotopic (exact) mass is 409 g/mol. The van der Waals surface area contributed by atoms with Crippen molar-refractivity contribution in [3.63, 3.8) is 0 Å². The van der Waals surface area contributed by atoms with Crippen LogP contribution in [0.3, 0.4) is 0 Å². The predicted octanol–water partition coefficient (Wildman–Crippen LogP) is 4.29. The Labute approximate surface area is 178 Å². The fourth-order valence-corrected chi connectivity index (χ4v) is 3.50. The van der Waals surface area contributed by atoms with Gasteiger partial charge in [-0.25, -0.2) is 4.98 Å². The van der Waals surface area contributed by atoms with Gasteiger partial charge in [-0.2, -0.15) is 0 Å². The van der Waals surface area contributed by atoms with Crippen molar-refractivity contribution in [2.24, 2.45) is 0 Å². The molecule has 7 heteroatoms. The maximum atomic E-state index is 12.6. The Bertz CT molecular complexity index is 1360. The molecule has 4 aromatic heterocycles. The van der Waals surface area contributed by atoms with Crippen LogP contribution in [0, 0.1) is 6.92 Å². The van der Waals surface area contributed by atoms with E-state index in [0.29, 0.717) is 17.9 Å². The van der Waals surface area contributed by atoms with Crippen LogP contribution in [0.15, 0.2) is 83.9 Å². The summed E-state index contributed by atoms with van der Waals surface area (Å²) in [6.45, 7) is 2.31. The summed E-state index contributed by atoms with van der Waals surface area (Å²) in [5, 5.41) is 7.17. The summed E-state index contributed by atoms with van der Waals surface area (Å²) in [6.07, 6.45) is 7.08. The lowest BCUT2D eigenvalue weighted by Gasteiger charge is -2.05. The van der Waals surface area contributed by atoms with Crippen molar-refractivity contribution in [1.82, 2.24) is 24.8 Å². The van der Waals surface area contributed by atoms with E-state index in [1.165, 1.54) is 0 Å². The normalized spacial score (nSPS) is 11.0. The van der Waals surface area contributed by atoms with E-state index < -0.39 is 0 Å². The molecule has 0 bridgehead atoms. The maximum Gasteiger partial charge on any atom is 0.253 e. The first-order valence-electron chi connectivity index (χ1n) is 9.87. The molecule has 0 aliphatic heterocycles. The minimum Gasteiger partial charge on any atom is -0.360 e. The number of hydrogen-bond donors (Lipinski definition) is 1. The van der Waals surface area contributed by atoms with E-state index in [9.17, 15) is 4.79 Å². The lowest BCUT2D eigenvalue weighted by Crippen LogP contribution is -2.23. The molecule has 31 heavy (non-hydrogen) atoms. The molecule has 0 aliphatic rings. The molecule has 0 unspecified atom stereocenters. The molecule has 0 aliphatic carbocycles. The van der Waals surface area contributed by atoms with Crippen molar-refractivity contribution in [2.45, 2.75) is 13.5 Å². The number of aromatic nitrogens is 4. The number of nitrogens with zero attached hydrogens (tertiary/aromatic N) is 4. The number of carbonyl (C=O) groups excluding carboxylic acids is 1. The number of carbonyl (C=O) groups is 1. The number of rotatable bonds is 5. The van der Waals surface area contributed by atoms with Crippen molar-refractivity contribution in [1.29, 1.82) is 0 Å². The van der Waals surface area contributed by atoms with E-state index in [-0.39, 0.29) is 5.91 Å². The molecule has 0 fully saturated rings. The summed E-state index contributed by atoms with van der Waals surface area (Å²) in [7, 11) is 0. The Hall–Kier alpha value is -4.26. The van der Waals surface area contributed by atoms with Gasteiger partial charge in [-0.3, -0.25) is 9.78 Å². The van der Waals surface area contributed by atoms with Crippen molar-refractivity contribution >= 4 is 11.6 Å². The second-order valence-electron chi connectivity index (χ2n) is 7.18. The van der Waals surface area contributed by atoms with Crippen molar-refractivity contribution < 1.29 is 9.32 Å². The minimum absolute atomic E-state index is 0.153. The highest BCUT2D eigenvalue weighted by Crippen LogP contribution is 2.33. The summed E-state index contributed by atoms with van der Waals surface area (Å²) in [5.74, 6) is 0.540. The lowest BCUT2D eigenvalue weighted by atomic mass is 10.0. The van der Waals surface area contributed by atoms with Crippen LogP contribution in [0.2, 0.25) is 0 Å². The molecule has 0 radical (unpaired) electrons. The number of imidazole rings is 1. The second-order valence-corrected chi connectivity index (χ2v) is 7.18. The Morgan fingerprint density at radius 3 is 2.65 bits per heavy atom. The highest BCUT2D eigenvalue weighted by atomic mass is 16.5. The average molecular weight is 409 g/mol. The molecule has 0 saturated carbocycles. The maximum absolute atomic E-state index is 12.6. The van der Waals surface area contributed by atoms with E-state index in [0.717, 1.165) is 33.7 Å².